The summed E-state index contributed by atoms with van der Waals surface area (Å²) in [5.74, 6) is 3.42. The summed E-state index contributed by atoms with van der Waals surface area (Å²) in [7, 11) is 3.26. The van der Waals surface area contributed by atoms with Crippen LogP contribution in [0.4, 0.5) is 0 Å². The molecule has 0 radical (unpaired) electrons. The summed E-state index contributed by atoms with van der Waals surface area (Å²) < 4.78 is 21.2. The lowest BCUT2D eigenvalue weighted by Gasteiger charge is -2.11. The molecule has 160 valence electrons. The normalized spacial score (nSPS) is 19.7. The molecule has 8 heteroatoms. The van der Waals surface area contributed by atoms with Crippen LogP contribution in [0.3, 0.4) is 0 Å². The van der Waals surface area contributed by atoms with E-state index in [1.165, 1.54) is 0 Å². The minimum Gasteiger partial charge on any atom is -0.492 e. The molecule has 0 saturated carbocycles. The fraction of sp³-hybridized carbons (Fsp3) is 0.600. The first-order chi connectivity index (χ1) is 13.3. The van der Waals surface area contributed by atoms with Crippen LogP contribution in [0.15, 0.2) is 21.5 Å². The van der Waals surface area contributed by atoms with Gasteiger partial charge in [0.2, 0.25) is 0 Å². The molecule has 0 bridgehead atoms. The van der Waals surface area contributed by atoms with Gasteiger partial charge in [-0.1, -0.05) is 0 Å². The molecule has 6 nitrogen and oxygen atoms in total. The van der Waals surface area contributed by atoms with E-state index < -0.39 is 0 Å². The minimum absolute atomic E-state index is 0.260. The molecule has 1 aliphatic rings. The second-order valence-corrected chi connectivity index (χ2v) is 8.12. The number of hydrogen-bond acceptors (Lipinski definition) is 8. The maximum atomic E-state index is 8.56. The molecule has 3 heterocycles. The zero-order valence-corrected chi connectivity index (χ0v) is 19.0. The van der Waals surface area contributed by atoms with Crippen molar-refractivity contribution in [3.8, 4) is 23.0 Å². The van der Waals surface area contributed by atoms with Crippen molar-refractivity contribution in [3.05, 3.63) is 21.5 Å². The Hall–Kier alpha value is -1.48. The summed E-state index contributed by atoms with van der Waals surface area (Å²) in [5.41, 5.74) is 0. The third kappa shape index (κ3) is 9.14. The molecular weight excluding hydrogens is 400 g/mol. The maximum Gasteiger partial charge on any atom is 0.172 e. The Labute approximate surface area is 175 Å². The molecule has 4 unspecified atom stereocenters. The monoisotopic (exact) mass is 432 g/mol. The third-order valence-corrected chi connectivity index (χ3v) is 5.03. The van der Waals surface area contributed by atoms with Crippen LogP contribution < -0.4 is 18.9 Å². The first-order valence-corrected chi connectivity index (χ1v) is 11.0. The number of rotatable bonds is 4. The Morgan fingerprint density at radius 3 is 1.61 bits per heavy atom. The van der Waals surface area contributed by atoms with Gasteiger partial charge >= 0.3 is 0 Å². The van der Waals surface area contributed by atoms with E-state index in [-0.39, 0.29) is 24.4 Å². The van der Waals surface area contributed by atoms with Crippen molar-refractivity contribution in [1.29, 1.82) is 0 Å². The molecule has 2 N–H and O–H groups in total. The molecule has 2 aromatic heterocycles. The van der Waals surface area contributed by atoms with Gasteiger partial charge < -0.3 is 29.2 Å². The van der Waals surface area contributed by atoms with Crippen LogP contribution in [-0.2, 0) is 0 Å². The van der Waals surface area contributed by atoms with Gasteiger partial charge in [0, 0.05) is 27.9 Å². The minimum atomic E-state index is -0.375. The van der Waals surface area contributed by atoms with Gasteiger partial charge in [0.15, 0.2) is 23.0 Å². The summed E-state index contributed by atoms with van der Waals surface area (Å²) in [4.78, 5) is 0. The standard InChI is InChI=1S/C9H12O2S.C6H8O2S.C5H12O2/c1-6-3-7(2)11-9-5-12-4-8(9)10-6;1-7-5-3-9-4-6(5)8-2;1-4(6)3-5(2)7/h4-7H,3H2,1-2H3;3-4H,1-2H3;4-7H,3H2,1-2H3. The van der Waals surface area contributed by atoms with Crippen LogP contribution in [0.25, 0.3) is 0 Å². The van der Waals surface area contributed by atoms with Gasteiger partial charge in [-0.2, -0.15) is 0 Å². The van der Waals surface area contributed by atoms with Crippen molar-refractivity contribution in [1.82, 2.24) is 0 Å². The molecule has 3 rings (SSSR count). The summed E-state index contributed by atoms with van der Waals surface area (Å²) in [6.07, 6.45) is 1.20. The fourth-order valence-electron chi connectivity index (χ4n) is 2.51. The molecule has 0 saturated heterocycles. The lowest BCUT2D eigenvalue weighted by molar-refractivity contribution is 0.102. The van der Waals surface area contributed by atoms with Gasteiger partial charge in [0.05, 0.1) is 38.6 Å². The maximum absolute atomic E-state index is 8.56. The summed E-state index contributed by atoms with van der Waals surface area (Å²) in [6, 6.07) is 0. The Morgan fingerprint density at radius 1 is 0.893 bits per heavy atom. The van der Waals surface area contributed by atoms with E-state index >= 15 is 0 Å². The number of hydrogen-bond donors (Lipinski definition) is 2. The average molecular weight is 433 g/mol. The quantitative estimate of drug-likeness (QED) is 0.736. The zero-order valence-electron chi connectivity index (χ0n) is 17.4. The lowest BCUT2D eigenvalue weighted by atomic mass is 10.2. The van der Waals surface area contributed by atoms with Crippen LogP contribution in [0, 0.1) is 0 Å². The average Bonchev–Trinajstić information content (AvgIpc) is 3.21. The van der Waals surface area contributed by atoms with Gasteiger partial charge in [0.1, 0.15) is 0 Å². The summed E-state index contributed by atoms with van der Waals surface area (Å²) in [6.45, 7) is 7.47. The fourth-order valence-corrected chi connectivity index (χ4v) is 3.91. The first-order valence-electron chi connectivity index (χ1n) is 9.16. The number of fused-ring (bicyclic) bond motifs is 1. The second-order valence-electron chi connectivity index (χ2n) is 6.64. The molecule has 2 aromatic rings. The van der Waals surface area contributed by atoms with E-state index in [9.17, 15) is 0 Å². The molecule has 0 fully saturated rings. The Morgan fingerprint density at radius 2 is 1.29 bits per heavy atom. The van der Waals surface area contributed by atoms with Crippen LogP contribution >= 0.6 is 22.7 Å². The SMILES string of the molecule is CC(O)CC(C)O.CC1CC(C)Oc2cscc2O1.COc1cscc1OC. The topological polar surface area (TPSA) is 77.4 Å². The number of ether oxygens (including phenoxy) is 4. The van der Waals surface area contributed by atoms with E-state index in [1.54, 1.807) is 50.7 Å². The number of aliphatic hydroxyl groups is 2. The van der Waals surface area contributed by atoms with Gasteiger partial charge in [-0.15, -0.1) is 22.7 Å². The number of methoxy groups -OCH3 is 2. The molecule has 1 aliphatic heterocycles. The highest BCUT2D eigenvalue weighted by molar-refractivity contribution is 7.08. The number of thiophene rings is 2. The zero-order chi connectivity index (χ0) is 21.1. The highest BCUT2D eigenvalue weighted by Crippen LogP contribution is 2.36. The van der Waals surface area contributed by atoms with E-state index in [2.05, 4.69) is 13.8 Å². The van der Waals surface area contributed by atoms with Crippen LogP contribution in [-0.4, -0.2) is 48.8 Å². The first kappa shape index (κ1) is 24.6. The molecule has 28 heavy (non-hydrogen) atoms. The highest BCUT2D eigenvalue weighted by Gasteiger charge is 2.20. The third-order valence-electron chi connectivity index (χ3n) is 3.63. The van der Waals surface area contributed by atoms with Crippen LogP contribution in [0.2, 0.25) is 0 Å². The second kappa shape index (κ2) is 12.9. The van der Waals surface area contributed by atoms with E-state index in [0.717, 1.165) is 29.4 Å². The number of aliphatic hydroxyl groups excluding tert-OH is 2. The van der Waals surface area contributed by atoms with Crippen LogP contribution in [0.1, 0.15) is 40.5 Å². The smallest absolute Gasteiger partial charge is 0.172 e. The van der Waals surface area contributed by atoms with Gasteiger partial charge in [-0.25, -0.2) is 0 Å². The largest absolute Gasteiger partial charge is 0.492 e. The Kier molecular flexibility index (Phi) is 11.3. The molecule has 0 amide bonds. The van der Waals surface area contributed by atoms with Crippen LogP contribution in [0.5, 0.6) is 23.0 Å². The van der Waals surface area contributed by atoms with Gasteiger partial charge in [-0.3, -0.25) is 0 Å². The summed E-state index contributed by atoms with van der Waals surface area (Å²) >= 11 is 3.18. The molecule has 0 aliphatic carbocycles. The van der Waals surface area contributed by atoms with Crippen molar-refractivity contribution in [3.63, 3.8) is 0 Å². The Balaban J connectivity index is 0.000000220. The van der Waals surface area contributed by atoms with E-state index in [1.807, 2.05) is 21.5 Å². The van der Waals surface area contributed by atoms with E-state index in [0.29, 0.717) is 6.42 Å². The van der Waals surface area contributed by atoms with Gasteiger partial charge in [0.25, 0.3) is 0 Å². The molecule has 4 atom stereocenters. The van der Waals surface area contributed by atoms with Gasteiger partial charge in [-0.05, 0) is 34.1 Å². The lowest BCUT2D eigenvalue weighted by Crippen LogP contribution is -2.18. The Bertz CT molecular complexity index is 604. The van der Waals surface area contributed by atoms with Crippen molar-refractivity contribution in [2.45, 2.75) is 65.0 Å². The molecule has 0 aromatic carbocycles. The highest BCUT2D eigenvalue weighted by atomic mass is 32.1. The predicted octanol–water partition coefficient (Wildman–Crippen LogP) is 4.59. The predicted molar refractivity (Wildman–Crippen MR) is 115 cm³/mol. The summed E-state index contributed by atoms with van der Waals surface area (Å²) in [5, 5.41) is 24.9. The van der Waals surface area contributed by atoms with Crippen molar-refractivity contribution < 1.29 is 29.2 Å². The van der Waals surface area contributed by atoms with Crippen molar-refractivity contribution >= 4 is 22.7 Å². The van der Waals surface area contributed by atoms with E-state index in [4.69, 9.17) is 29.2 Å². The molecular formula is C20H32O6S2. The van der Waals surface area contributed by atoms with Crippen molar-refractivity contribution in [2.24, 2.45) is 0 Å². The van der Waals surface area contributed by atoms with Crippen molar-refractivity contribution in [2.75, 3.05) is 14.2 Å². The molecule has 0 spiro atoms.